The van der Waals surface area contributed by atoms with E-state index in [-0.39, 0.29) is 41.5 Å². The topological polar surface area (TPSA) is 80.8 Å². The Morgan fingerprint density at radius 1 is 1.21 bits per heavy atom. The molecule has 0 amide bonds. The number of nitrogens with zero attached hydrogens (tertiary/aromatic N) is 1. The van der Waals surface area contributed by atoms with Gasteiger partial charge in [-0.05, 0) is 67.6 Å². The predicted molar refractivity (Wildman–Crippen MR) is 127 cm³/mol. The third-order valence-electron chi connectivity index (χ3n) is 9.02. The molecule has 1 N–H and O–H groups in total. The van der Waals surface area contributed by atoms with Crippen LogP contribution in [0.2, 0.25) is 0 Å². The molecule has 2 saturated heterocycles. The van der Waals surface area contributed by atoms with Gasteiger partial charge in [0.15, 0.2) is 11.5 Å². The summed E-state index contributed by atoms with van der Waals surface area (Å²) in [5.41, 5.74) is 1.36. The number of aliphatic hydroxyl groups is 1. The lowest BCUT2D eigenvalue weighted by Crippen LogP contribution is -2.51. The fourth-order valence-electron chi connectivity index (χ4n) is 7.21. The lowest BCUT2D eigenvalue weighted by Gasteiger charge is -2.51. The van der Waals surface area contributed by atoms with Gasteiger partial charge in [0.2, 0.25) is 0 Å². The number of rotatable bonds is 9. The molecule has 0 aromatic heterocycles. The predicted octanol–water partition coefficient (Wildman–Crippen LogP) is 3.42. The van der Waals surface area contributed by atoms with E-state index in [0.717, 1.165) is 38.0 Å². The molecule has 1 aromatic carbocycles. The fraction of sp³-hybridized carbons (Fsp3) is 0.741. The first-order chi connectivity index (χ1) is 16.4. The summed E-state index contributed by atoms with van der Waals surface area (Å²) in [5.74, 6) is 1.97. The number of hydrogen-bond acceptors (Lipinski definition) is 7. The number of epoxide rings is 1. The van der Waals surface area contributed by atoms with Crippen molar-refractivity contribution < 1.29 is 28.8 Å². The van der Waals surface area contributed by atoms with Crippen LogP contribution in [0.5, 0.6) is 11.5 Å². The molecule has 0 bridgehead atoms. The maximum absolute atomic E-state index is 13.1. The summed E-state index contributed by atoms with van der Waals surface area (Å²) in [6.45, 7) is 5.44. The first-order valence-corrected chi connectivity index (χ1v) is 12.8. The second-order valence-corrected chi connectivity index (χ2v) is 11.1. The Kier molecular flexibility index (Phi) is 6.55. The average molecular weight is 474 g/mol. The van der Waals surface area contributed by atoms with Crippen LogP contribution in [0.1, 0.15) is 51.0 Å². The summed E-state index contributed by atoms with van der Waals surface area (Å²) in [4.78, 5) is 15.4. The second-order valence-electron chi connectivity index (χ2n) is 11.1. The molecule has 5 rings (SSSR count). The minimum absolute atomic E-state index is 0.0217. The maximum atomic E-state index is 13.1. The van der Waals surface area contributed by atoms with Gasteiger partial charge < -0.3 is 24.1 Å². The summed E-state index contributed by atoms with van der Waals surface area (Å²) in [7, 11) is 3.27. The van der Waals surface area contributed by atoms with E-state index in [4.69, 9.17) is 18.9 Å². The van der Waals surface area contributed by atoms with Crippen LogP contribution >= 0.6 is 0 Å². The number of methoxy groups -OCH3 is 2. The van der Waals surface area contributed by atoms with Gasteiger partial charge in [-0.15, -0.1) is 0 Å². The quantitative estimate of drug-likeness (QED) is 0.435. The van der Waals surface area contributed by atoms with Gasteiger partial charge in [-0.3, -0.25) is 9.69 Å². The minimum Gasteiger partial charge on any atom is -0.493 e. The van der Waals surface area contributed by atoms with Crippen LogP contribution in [0.15, 0.2) is 18.2 Å². The number of fused-ring (bicyclic) bond motifs is 3. The maximum Gasteiger partial charge on any atom is 0.310 e. The zero-order valence-electron chi connectivity index (χ0n) is 20.8. The Labute approximate surface area is 202 Å². The highest BCUT2D eigenvalue weighted by atomic mass is 16.6. The summed E-state index contributed by atoms with van der Waals surface area (Å²) >= 11 is 0. The van der Waals surface area contributed by atoms with Gasteiger partial charge in [-0.25, -0.2) is 0 Å². The van der Waals surface area contributed by atoms with E-state index in [1.165, 1.54) is 12.8 Å². The molecule has 2 saturated carbocycles. The smallest absolute Gasteiger partial charge is 0.310 e. The van der Waals surface area contributed by atoms with Crippen LogP contribution in [-0.2, 0) is 20.8 Å². The minimum atomic E-state index is -0.133. The standard InChI is InChI=1S/C27H39NO6/c1-26-8-4-9-27(17-33-27)24(26)13-19-20(25(30)34-23(19)14-26)16-28(10-5-11-29)15-18-6-7-21(31-2)22(12-18)32-3/h6-7,12,19-20,23-24,29H,4-5,8-11,13-17H2,1-3H3/t19-,20+,23-,24-,26+,27+/m1/s1. The van der Waals surface area contributed by atoms with Crippen LogP contribution in [-0.4, -0.2) is 68.2 Å². The molecular formula is C27H39NO6. The first-order valence-electron chi connectivity index (χ1n) is 12.8. The Bertz CT molecular complexity index is 901. The zero-order valence-corrected chi connectivity index (χ0v) is 20.8. The van der Waals surface area contributed by atoms with Gasteiger partial charge in [0.05, 0.1) is 32.3 Å². The number of aliphatic hydroxyl groups excluding tert-OH is 1. The molecule has 34 heavy (non-hydrogen) atoms. The number of benzene rings is 1. The molecule has 0 unspecified atom stereocenters. The summed E-state index contributed by atoms with van der Waals surface area (Å²) < 4.78 is 22.9. The molecule has 7 nitrogen and oxygen atoms in total. The molecule has 1 spiro atoms. The van der Waals surface area contributed by atoms with E-state index >= 15 is 0 Å². The molecule has 7 heteroatoms. The number of esters is 1. The third kappa shape index (κ3) is 4.31. The normalized spacial score (nSPS) is 36.2. The molecule has 2 aliphatic heterocycles. The molecule has 6 atom stereocenters. The second kappa shape index (κ2) is 9.32. The molecule has 4 aliphatic rings. The Hall–Kier alpha value is -1.83. The van der Waals surface area contributed by atoms with Crippen LogP contribution in [0.3, 0.4) is 0 Å². The van der Waals surface area contributed by atoms with E-state index < -0.39 is 0 Å². The van der Waals surface area contributed by atoms with Gasteiger partial charge in [-0.2, -0.15) is 0 Å². The van der Waals surface area contributed by atoms with Gasteiger partial charge in [0.1, 0.15) is 6.10 Å². The monoisotopic (exact) mass is 473 g/mol. The van der Waals surface area contributed by atoms with Gasteiger partial charge in [0.25, 0.3) is 0 Å². The van der Waals surface area contributed by atoms with Crippen LogP contribution < -0.4 is 9.47 Å². The molecule has 1 aromatic rings. The largest absolute Gasteiger partial charge is 0.493 e. The summed E-state index contributed by atoms with van der Waals surface area (Å²) in [6, 6.07) is 5.94. The average Bonchev–Trinajstić information content (AvgIpc) is 3.53. The number of carbonyl (C=O) groups is 1. The third-order valence-corrected chi connectivity index (χ3v) is 9.02. The number of hydrogen-bond donors (Lipinski definition) is 1. The van der Waals surface area contributed by atoms with E-state index in [9.17, 15) is 9.90 Å². The van der Waals surface area contributed by atoms with Crippen molar-refractivity contribution in [1.29, 1.82) is 0 Å². The van der Waals surface area contributed by atoms with E-state index in [1.54, 1.807) is 14.2 Å². The van der Waals surface area contributed by atoms with Crippen LogP contribution in [0, 0.1) is 23.2 Å². The number of ether oxygens (including phenoxy) is 4. The van der Waals surface area contributed by atoms with Gasteiger partial charge in [0, 0.05) is 32.2 Å². The highest BCUT2D eigenvalue weighted by Crippen LogP contribution is 2.62. The highest BCUT2D eigenvalue weighted by Gasteiger charge is 2.65. The highest BCUT2D eigenvalue weighted by molar-refractivity contribution is 5.75. The van der Waals surface area contributed by atoms with Gasteiger partial charge in [-0.1, -0.05) is 13.0 Å². The van der Waals surface area contributed by atoms with Crippen molar-refractivity contribution in [1.82, 2.24) is 4.90 Å². The van der Waals surface area contributed by atoms with Crippen molar-refractivity contribution in [3.8, 4) is 11.5 Å². The molecule has 0 radical (unpaired) electrons. The Balaban J connectivity index is 1.33. The van der Waals surface area contributed by atoms with Crippen molar-refractivity contribution in [3.05, 3.63) is 23.8 Å². The molecule has 4 fully saturated rings. The Morgan fingerprint density at radius 2 is 2.00 bits per heavy atom. The van der Waals surface area contributed by atoms with E-state index in [1.807, 2.05) is 18.2 Å². The summed E-state index contributed by atoms with van der Waals surface area (Å²) in [5, 5.41) is 9.49. The van der Waals surface area contributed by atoms with Gasteiger partial charge >= 0.3 is 5.97 Å². The first kappa shape index (κ1) is 23.9. The zero-order chi connectivity index (χ0) is 23.9. The number of carbonyl (C=O) groups excluding carboxylic acids is 1. The van der Waals surface area contributed by atoms with E-state index in [2.05, 4.69) is 11.8 Å². The fourth-order valence-corrected chi connectivity index (χ4v) is 7.21. The lowest BCUT2D eigenvalue weighted by atomic mass is 9.53. The van der Waals surface area contributed by atoms with Crippen molar-refractivity contribution in [2.45, 2.75) is 63.7 Å². The van der Waals surface area contributed by atoms with Crippen molar-refractivity contribution in [3.63, 3.8) is 0 Å². The van der Waals surface area contributed by atoms with Crippen LogP contribution in [0.25, 0.3) is 0 Å². The molecular weight excluding hydrogens is 434 g/mol. The van der Waals surface area contributed by atoms with E-state index in [0.29, 0.717) is 36.9 Å². The van der Waals surface area contributed by atoms with Crippen molar-refractivity contribution >= 4 is 5.97 Å². The molecule has 188 valence electrons. The van der Waals surface area contributed by atoms with Crippen LogP contribution in [0.4, 0.5) is 0 Å². The van der Waals surface area contributed by atoms with Crippen molar-refractivity contribution in [2.24, 2.45) is 23.2 Å². The van der Waals surface area contributed by atoms with Crippen molar-refractivity contribution in [2.75, 3.05) is 40.5 Å². The molecule has 2 heterocycles. The molecule has 2 aliphatic carbocycles. The summed E-state index contributed by atoms with van der Waals surface area (Å²) in [6.07, 6.45) is 6.24. The SMILES string of the molecule is COc1ccc(CN(CCCO)C[C@@H]2C(=O)O[C@@H]3C[C@]4(C)CCC[C@]5(CO5)[C@@H]4C[C@H]23)cc1OC. The Morgan fingerprint density at radius 3 is 2.71 bits per heavy atom. The lowest BCUT2D eigenvalue weighted by molar-refractivity contribution is -0.147.